The van der Waals surface area contributed by atoms with E-state index in [0.717, 1.165) is 39.9 Å². The molecule has 0 spiro atoms. The minimum absolute atomic E-state index is 0.225. The Labute approximate surface area is 187 Å². The molecule has 2 aromatic carbocycles. The highest BCUT2D eigenvalue weighted by Crippen LogP contribution is 2.31. The maximum Gasteiger partial charge on any atom is 0.253 e. The van der Waals surface area contributed by atoms with E-state index in [1.54, 1.807) is 17.6 Å². The van der Waals surface area contributed by atoms with Crippen LogP contribution in [0.1, 0.15) is 38.1 Å². The van der Waals surface area contributed by atoms with Gasteiger partial charge in [0, 0.05) is 23.7 Å². The minimum atomic E-state index is -0.707. The molecule has 1 unspecified atom stereocenters. The molecule has 1 N–H and O–H groups in total. The average Bonchev–Trinajstić information content (AvgIpc) is 3.15. The zero-order chi connectivity index (χ0) is 22.8. The maximum atomic E-state index is 13.4. The average molecular weight is 429 g/mol. The number of aryl methyl sites for hydroxylation is 3. The third kappa shape index (κ3) is 3.73. The molecule has 0 fully saturated rings. The lowest BCUT2D eigenvalue weighted by Crippen LogP contribution is -2.32. The SMILES string of the molecule is CCc1ccccc1NC(=O)C(C)n1c(=O)cc(-c2ccccc2)c2c(C)nn(CC)c21. The van der Waals surface area contributed by atoms with Gasteiger partial charge in [0.25, 0.3) is 5.56 Å². The number of benzene rings is 2. The lowest BCUT2D eigenvalue weighted by Gasteiger charge is -2.19. The molecule has 2 heterocycles. The molecule has 1 atom stereocenters. The van der Waals surface area contributed by atoms with Crippen molar-refractivity contribution in [2.24, 2.45) is 0 Å². The molecule has 4 rings (SSSR count). The lowest BCUT2D eigenvalue weighted by molar-refractivity contribution is -0.118. The van der Waals surface area contributed by atoms with Crippen molar-refractivity contribution < 1.29 is 4.79 Å². The second-order valence-electron chi connectivity index (χ2n) is 7.91. The Morgan fingerprint density at radius 1 is 1.06 bits per heavy atom. The minimum Gasteiger partial charge on any atom is -0.324 e. The summed E-state index contributed by atoms with van der Waals surface area (Å²) in [7, 11) is 0. The number of rotatable bonds is 6. The summed E-state index contributed by atoms with van der Waals surface area (Å²) in [6.07, 6.45) is 0.808. The number of hydrogen-bond donors (Lipinski definition) is 1. The first kappa shape index (κ1) is 21.6. The third-order valence-electron chi connectivity index (χ3n) is 5.91. The van der Waals surface area contributed by atoms with Crippen LogP contribution in [-0.2, 0) is 17.8 Å². The zero-order valence-corrected chi connectivity index (χ0v) is 18.9. The van der Waals surface area contributed by atoms with Crippen LogP contribution in [-0.4, -0.2) is 20.3 Å². The number of nitrogens with one attached hydrogen (secondary N) is 1. The van der Waals surface area contributed by atoms with Gasteiger partial charge in [0.2, 0.25) is 5.91 Å². The van der Waals surface area contributed by atoms with Crippen LogP contribution in [0.2, 0.25) is 0 Å². The first-order chi connectivity index (χ1) is 15.5. The van der Waals surface area contributed by atoms with E-state index in [1.807, 2.05) is 80.1 Å². The predicted octanol–water partition coefficient (Wildman–Crippen LogP) is 4.96. The van der Waals surface area contributed by atoms with E-state index < -0.39 is 6.04 Å². The molecule has 0 saturated carbocycles. The number of carbonyl (C=O) groups excluding carboxylic acids is 1. The Morgan fingerprint density at radius 3 is 2.44 bits per heavy atom. The van der Waals surface area contributed by atoms with Crippen molar-refractivity contribution in [2.45, 2.75) is 46.7 Å². The topological polar surface area (TPSA) is 68.9 Å². The van der Waals surface area contributed by atoms with Gasteiger partial charge in [-0.1, -0.05) is 55.5 Å². The van der Waals surface area contributed by atoms with E-state index in [4.69, 9.17) is 0 Å². The zero-order valence-electron chi connectivity index (χ0n) is 18.9. The number of anilines is 1. The Hall–Kier alpha value is -3.67. The van der Waals surface area contributed by atoms with E-state index in [1.165, 1.54) is 0 Å². The molecule has 32 heavy (non-hydrogen) atoms. The van der Waals surface area contributed by atoms with Gasteiger partial charge in [0.05, 0.1) is 5.69 Å². The molecule has 2 aromatic heterocycles. The third-order valence-corrected chi connectivity index (χ3v) is 5.91. The van der Waals surface area contributed by atoms with Gasteiger partial charge in [-0.25, -0.2) is 4.68 Å². The Kier molecular flexibility index (Phi) is 5.95. The number of para-hydroxylation sites is 1. The van der Waals surface area contributed by atoms with Gasteiger partial charge in [-0.15, -0.1) is 0 Å². The molecule has 0 radical (unpaired) electrons. The first-order valence-corrected chi connectivity index (χ1v) is 11.0. The number of amides is 1. The van der Waals surface area contributed by atoms with Crippen LogP contribution in [0.25, 0.3) is 22.2 Å². The summed E-state index contributed by atoms with van der Waals surface area (Å²) < 4.78 is 3.37. The monoisotopic (exact) mass is 428 g/mol. The van der Waals surface area contributed by atoms with E-state index in [9.17, 15) is 9.59 Å². The van der Waals surface area contributed by atoms with Crippen molar-refractivity contribution in [3.8, 4) is 11.1 Å². The molecule has 0 aliphatic rings. The summed E-state index contributed by atoms with van der Waals surface area (Å²) in [4.78, 5) is 26.6. The van der Waals surface area contributed by atoms with Crippen molar-refractivity contribution in [2.75, 3.05) is 5.32 Å². The first-order valence-electron chi connectivity index (χ1n) is 11.0. The van der Waals surface area contributed by atoms with Gasteiger partial charge in [-0.3, -0.25) is 14.2 Å². The number of carbonyl (C=O) groups is 1. The molecule has 6 nitrogen and oxygen atoms in total. The van der Waals surface area contributed by atoms with Crippen LogP contribution in [0.3, 0.4) is 0 Å². The second kappa shape index (κ2) is 8.83. The number of nitrogens with zero attached hydrogens (tertiary/aromatic N) is 3. The number of aromatic nitrogens is 3. The molecule has 0 aliphatic carbocycles. The van der Waals surface area contributed by atoms with Crippen LogP contribution in [0, 0.1) is 6.92 Å². The van der Waals surface area contributed by atoms with Gasteiger partial charge in [0.1, 0.15) is 11.7 Å². The predicted molar refractivity (Wildman–Crippen MR) is 129 cm³/mol. The number of hydrogen-bond acceptors (Lipinski definition) is 3. The summed E-state index contributed by atoms with van der Waals surface area (Å²) in [6.45, 7) is 8.33. The molecule has 4 aromatic rings. The summed E-state index contributed by atoms with van der Waals surface area (Å²) in [6, 6.07) is 18.5. The lowest BCUT2D eigenvalue weighted by atomic mass is 10.0. The largest absolute Gasteiger partial charge is 0.324 e. The molecule has 0 aliphatic heterocycles. The van der Waals surface area contributed by atoms with Crippen molar-refractivity contribution in [1.29, 1.82) is 0 Å². The number of fused-ring (bicyclic) bond motifs is 1. The van der Waals surface area contributed by atoms with Crippen LogP contribution < -0.4 is 10.9 Å². The van der Waals surface area contributed by atoms with Gasteiger partial charge >= 0.3 is 0 Å². The van der Waals surface area contributed by atoms with E-state index >= 15 is 0 Å². The van der Waals surface area contributed by atoms with Crippen molar-refractivity contribution >= 4 is 22.6 Å². The molecule has 1 amide bonds. The van der Waals surface area contributed by atoms with E-state index in [0.29, 0.717) is 12.2 Å². The Morgan fingerprint density at radius 2 is 1.75 bits per heavy atom. The van der Waals surface area contributed by atoms with Gasteiger partial charge in [0.15, 0.2) is 0 Å². The van der Waals surface area contributed by atoms with Crippen molar-refractivity contribution in [3.63, 3.8) is 0 Å². The summed E-state index contributed by atoms with van der Waals surface area (Å²) in [5, 5.41) is 8.58. The normalized spacial score (nSPS) is 12.1. The van der Waals surface area contributed by atoms with Crippen molar-refractivity contribution in [1.82, 2.24) is 14.3 Å². The van der Waals surface area contributed by atoms with Crippen LogP contribution >= 0.6 is 0 Å². The molecule has 0 bridgehead atoms. The highest BCUT2D eigenvalue weighted by Gasteiger charge is 2.24. The van der Waals surface area contributed by atoms with Crippen LogP contribution in [0.4, 0.5) is 5.69 Å². The van der Waals surface area contributed by atoms with E-state index in [2.05, 4.69) is 10.4 Å². The van der Waals surface area contributed by atoms with E-state index in [-0.39, 0.29) is 11.5 Å². The van der Waals surface area contributed by atoms with Gasteiger partial charge in [-0.2, -0.15) is 5.10 Å². The standard InChI is InChI=1S/C26H28N4O2/c1-5-19-12-10-11-15-22(19)27-25(32)18(4)30-23(31)16-21(20-13-8-7-9-14-20)24-17(3)28-29(6-2)26(24)30/h7-16,18H,5-6H2,1-4H3,(H,27,32). The summed E-state index contributed by atoms with van der Waals surface area (Å²) in [5.74, 6) is -0.233. The molecular formula is C26H28N4O2. The van der Waals surface area contributed by atoms with Gasteiger partial charge in [-0.05, 0) is 49.9 Å². The van der Waals surface area contributed by atoms with Crippen LogP contribution in [0.15, 0.2) is 65.5 Å². The highest BCUT2D eigenvalue weighted by molar-refractivity contribution is 5.98. The quantitative estimate of drug-likeness (QED) is 0.472. The van der Waals surface area contributed by atoms with Gasteiger partial charge < -0.3 is 5.32 Å². The van der Waals surface area contributed by atoms with Crippen molar-refractivity contribution in [3.05, 3.63) is 82.3 Å². The fraction of sp³-hybridized carbons (Fsp3) is 0.269. The highest BCUT2D eigenvalue weighted by atomic mass is 16.2. The Bertz CT molecular complexity index is 1340. The summed E-state index contributed by atoms with van der Waals surface area (Å²) in [5.41, 5.74) is 4.90. The fourth-order valence-corrected chi connectivity index (χ4v) is 4.24. The smallest absolute Gasteiger partial charge is 0.253 e. The Balaban J connectivity index is 1.87. The van der Waals surface area contributed by atoms with Crippen LogP contribution in [0.5, 0.6) is 0 Å². The molecular weight excluding hydrogens is 400 g/mol. The summed E-state index contributed by atoms with van der Waals surface area (Å²) >= 11 is 0. The molecule has 164 valence electrons. The number of pyridine rings is 1. The molecule has 0 saturated heterocycles. The molecule has 6 heteroatoms. The fourth-order valence-electron chi connectivity index (χ4n) is 4.24. The maximum absolute atomic E-state index is 13.4. The second-order valence-corrected chi connectivity index (χ2v) is 7.91.